The summed E-state index contributed by atoms with van der Waals surface area (Å²) in [6, 6.07) is 16.3. The fourth-order valence-corrected chi connectivity index (χ4v) is 4.06. The smallest absolute Gasteiger partial charge is 0.416 e. The highest BCUT2D eigenvalue weighted by Gasteiger charge is 2.30. The summed E-state index contributed by atoms with van der Waals surface area (Å²) < 4.78 is 71.3. The number of nitrogens with one attached hydrogen (secondary N) is 2. The van der Waals surface area contributed by atoms with Crippen LogP contribution in [0.3, 0.4) is 0 Å². The molecule has 0 bridgehead atoms. The topological polar surface area (TPSA) is 84.5 Å². The number of sulfonamides is 1. The Hall–Kier alpha value is -3.53. The van der Waals surface area contributed by atoms with Gasteiger partial charge in [-0.15, -0.1) is 0 Å². The predicted molar refractivity (Wildman–Crippen MR) is 119 cm³/mol. The standard InChI is InChI=1S/C23H21F3N2O4S/c1-2-32-21-9-4-3-6-16(21)14-22(29)27-18-10-12-20(13-11-18)33(30,31)28-19-8-5-7-17(15-19)23(24,25)26/h3-13,15,28H,2,14H2,1H3,(H,27,29). The lowest BCUT2D eigenvalue weighted by atomic mass is 10.1. The van der Waals surface area contributed by atoms with Gasteiger partial charge in [0.15, 0.2) is 0 Å². The highest BCUT2D eigenvalue weighted by molar-refractivity contribution is 7.92. The van der Waals surface area contributed by atoms with Gasteiger partial charge < -0.3 is 10.1 Å². The third-order valence-electron chi connectivity index (χ3n) is 4.51. The van der Waals surface area contributed by atoms with Crippen LogP contribution >= 0.6 is 0 Å². The molecule has 0 atom stereocenters. The Morgan fingerprint density at radius 2 is 1.64 bits per heavy atom. The molecule has 0 spiro atoms. The summed E-state index contributed by atoms with van der Waals surface area (Å²) in [6.07, 6.45) is -4.53. The van der Waals surface area contributed by atoms with E-state index in [4.69, 9.17) is 4.74 Å². The minimum absolute atomic E-state index is 0.0628. The summed E-state index contributed by atoms with van der Waals surface area (Å²) in [6.45, 7) is 2.30. The van der Waals surface area contributed by atoms with Gasteiger partial charge in [0.25, 0.3) is 10.0 Å². The first-order valence-electron chi connectivity index (χ1n) is 9.89. The van der Waals surface area contributed by atoms with Gasteiger partial charge in [0.2, 0.25) is 5.91 Å². The van der Waals surface area contributed by atoms with Crippen molar-refractivity contribution in [2.45, 2.75) is 24.4 Å². The molecule has 1 amide bonds. The monoisotopic (exact) mass is 478 g/mol. The van der Waals surface area contributed by atoms with E-state index >= 15 is 0 Å². The van der Waals surface area contributed by atoms with Crippen LogP contribution in [0.5, 0.6) is 5.75 Å². The van der Waals surface area contributed by atoms with Crippen molar-refractivity contribution in [3.05, 3.63) is 83.9 Å². The molecule has 0 saturated heterocycles. The minimum atomic E-state index is -4.59. The van der Waals surface area contributed by atoms with E-state index in [1.807, 2.05) is 6.92 Å². The summed E-state index contributed by atoms with van der Waals surface area (Å²) in [5, 5.41) is 2.68. The molecule has 3 rings (SSSR count). The van der Waals surface area contributed by atoms with Gasteiger partial charge in [0.1, 0.15) is 5.75 Å². The quantitative estimate of drug-likeness (QED) is 0.473. The molecular weight excluding hydrogens is 457 g/mol. The van der Waals surface area contributed by atoms with Gasteiger partial charge in [-0.25, -0.2) is 8.42 Å². The molecular formula is C23H21F3N2O4S. The van der Waals surface area contributed by atoms with E-state index in [1.54, 1.807) is 24.3 Å². The number of amides is 1. The number of carbonyl (C=O) groups is 1. The summed E-state index contributed by atoms with van der Waals surface area (Å²) in [4.78, 5) is 12.2. The number of carbonyl (C=O) groups excluding carboxylic acids is 1. The number of alkyl halides is 3. The Bertz CT molecular complexity index is 1230. The molecule has 0 aliphatic heterocycles. The molecule has 0 saturated carbocycles. The van der Waals surface area contributed by atoms with Crippen LogP contribution in [-0.4, -0.2) is 20.9 Å². The number of ether oxygens (including phenoxy) is 1. The largest absolute Gasteiger partial charge is 0.494 e. The van der Waals surface area contributed by atoms with Crippen molar-refractivity contribution < 1.29 is 31.1 Å². The van der Waals surface area contributed by atoms with Crippen molar-refractivity contribution in [3.8, 4) is 5.75 Å². The van der Waals surface area contributed by atoms with Gasteiger partial charge in [-0.05, 0) is 55.5 Å². The molecule has 3 aromatic carbocycles. The molecule has 0 aliphatic carbocycles. The fraction of sp³-hybridized carbons (Fsp3) is 0.174. The molecule has 174 valence electrons. The SMILES string of the molecule is CCOc1ccccc1CC(=O)Nc1ccc(S(=O)(=O)Nc2cccc(C(F)(F)F)c2)cc1. The number of para-hydroxylation sites is 1. The first-order chi connectivity index (χ1) is 15.6. The highest BCUT2D eigenvalue weighted by Crippen LogP contribution is 2.31. The van der Waals surface area contributed by atoms with Crippen LogP contribution in [-0.2, 0) is 27.4 Å². The second-order valence-electron chi connectivity index (χ2n) is 6.97. The summed E-state index contributed by atoms with van der Waals surface area (Å²) >= 11 is 0. The van der Waals surface area contributed by atoms with Crippen molar-refractivity contribution >= 4 is 27.3 Å². The minimum Gasteiger partial charge on any atom is -0.494 e. The average Bonchev–Trinajstić information content (AvgIpc) is 2.75. The van der Waals surface area contributed by atoms with Crippen LogP contribution in [0.25, 0.3) is 0 Å². The van der Waals surface area contributed by atoms with E-state index < -0.39 is 21.8 Å². The molecule has 6 nitrogen and oxygen atoms in total. The third-order valence-corrected chi connectivity index (χ3v) is 5.91. The van der Waals surface area contributed by atoms with Crippen LogP contribution < -0.4 is 14.8 Å². The van der Waals surface area contributed by atoms with Crippen molar-refractivity contribution in [1.29, 1.82) is 0 Å². The zero-order valence-corrected chi connectivity index (χ0v) is 18.3. The maximum atomic E-state index is 12.9. The molecule has 10 heteroatoms. The number of anilines is 2. The number of hydrogen-bond donors (Lipinski definition) is 2. The van der Waals surface area contributed by atoms with Gasteiger partial charge in [-0.3, -0.25) is 9.52 Å². The summed E-state index contributed by atoms with van der Waals surface area (Å²) in [5.41, 5.74) is -0.102. The lowest BCUT2D eigenvalue weighted by Crippen LogP contribution is -2.16. The average molecular weight is 478 g/mol. The number of benzene rings is 3. The van der Waals surface area contributed by atoms with Crippen molar-refractivity contribution in [2.75, 3.05) is 16.6 Å². The maximum Gasteiger partial charge on any atom is 0.416 e. The Kier molecular flexibility index (Phi) is 7.27. The molecule has 0 unspecified atom stereocenters. The van der Waals surface area contributed by atoms with E-state index in [0.29, 0.717) is 29.7 Å². The van der Waals surface area contributed by atoms with Crippen LogP contribution in [0, 0.1) is 0 Å². The van der Waals surface area contributed by atoms with Gasteiger partial charge in [-0.2, -0.15) is 13.2 Å². The Labute approximate surface area is 189 Å². The van der Waals surface area contributed by atoms with Crippen LogP contribution in [0.4, 0.5) is 24.5 Å². The Morgan fingerprint density at radius 1 is 0.939 bits per heavy atom. The Balaban J connectivity index is 1.68. The van der Waals surface area contributed by atoms with Gasteiger partial charge in [0.05, 0.1) is 23.5 Å². The van der Waals surface area contributed by atoms with Gasteiger partial charge in [-0.1, -0.05) is 24.3 Å². The molecule has 2 N–H and O–H groups in total. The molecule has 0 heterocycles. The lowest BCUT2D eigenvalue weighted by Gasteiger charge is -2.12. The zero-order valence-electron chi connectivity index (χ0n) is 17.5. The van der Waals surface area contributed by atoms with E-state index in [2.05, 4.69) is 10.0 Å². The van der Waals surface area contributed by atoms with E-state index in [1.165, 1.54) is 30.3 Å². The van der Waals surface area contributed by atoms with Crippen molar-refractivity contribution in [1.82, 2.24) is 0 Å². The summed E-state index contributed by atoms with van der Waals surface area (Å²) in [7, 11) is -4.13. The second-order valence-corrected chi connectivity index (χ2v) is 8.66. The molecule has 0 aliphatic rings. The second kappa shape index (κ2) is 9.95. The van der Waals surface area contributed by atoms with Crippen molar-refractivity contribution in [3.63, 3.8) is 0 Å². The molecule has 0 radical (unpaired) electrons. The van der Waals surface area contributed by atoms with Crippen LogP contribution in [0.15, 0.2) is 77.7 Å². The first kappa shape index (κ1) is 24.1. The fourth-order valence-electron chi connectivity index (χ4n) is 3.01. The lowest BCUT2D eigenvalue weighted by molar-refractivity contribution is -0.137. The molecule has 3 aromatic rings. The highest BCUT2D eigenvalue weighted by atomic mass is 32.2. The van der Waals surface area contributed by atoms with E-state index in [-0.39, 0.29) is 22.9 Å². The third kappa shape index (κ3) is 6.48. The number of rotatable bonds is 8. The number of hydrogen-bond acceptors (Lipinski definition) is 4. The Morgan fingerprint density at radius 3 is 2.30 bits per heavy atom. The van der Waals surface area contributed by atoms with Crippen molar-refractivity contribution in [2.24, 2.45) is 0 Å². The molecule has 33 heavy (non-hydrogen) atoms. The van der Waals surface area contributed by atoms with E-state index in [9.17, 15) is 26.4 Å². The normalized spacial score (nSPS) is 11.6. The zero-order chi connectivity index (χ0) is 24.1. The van der Waals surface area contributed by atoms with Gasteiger partial charge in [0, 0.05) is 16.9 Å². The van der Waals surface area contributed by atoms with Crippen LogP contribution in [0.1, 0.15) is 18.1 Å². The number of halogens is 3. The summed E-state index contributed by atoms with van der Waals surface area (Å²) in [5.74, 6) is 0.289. The maximum absolute atomic E-state index is 12.9. The van der Waals surface area contributed by atoms with E-state index in [0.717, 1.165) is 12.1 Å². The van der Waals surface area contributed by atoms with Gasteiger partial charge >= 0.3 is 6.18 Å². The predicted octanol–water partition coefficient (Wildman–Crippen LogP) is 5.09. The first-order valence-corrected chi connectivity index (χ1v) is 11.4. The molecule has 0 aromatic heterocycles. The van der Waals surface area contributed by atoms with Crippen LogP contribution in [0.2, 0.25) is 0 Å². The molecule has 0 fully saturated rings.